The van der Waals surface area contributed by atoms with Crippen LogP contribution in [0.25, 0.3) is 11.5 Å². The van der Waals surface area contributed by atoms with Gasteiger partial charge in [0.1, 0.15) is 5.82 Å². The predicted molar refractivity (Wildman–Crippen MR) is 60.8 cm³/mol. The van der Waals surface area contributed by atoms with Crippen molar-refractivity contribution in [2.75, 3.05) is 0 Å². The molecule has 1 aromatic heterocycles. The van der Waals surface area contributed by atoms with Crippen molar-refractivity contribution in [1.29, 1.82) is 0 Å². The molecule has 0 atom stereocenters. The van der Waals surface area contributed by atoms with Crippen molar-refractivity contribution in [3.63, 3.8) is 0 Å². The molecule has 0 amide bonds. The molecule has 0 spiro atoms. The first kappa shape index (κ1) is 13.0. The lowest BCUT2D eigenvalue weighted by Gasteiger charge is -1.97. The van der Waals surface area contributed by atoms with E-state index < -0.39 is 35.1 Å². The van der Waals surface area contributed by atoms with E-state index in [2.05, 4.69) is 4.98 Å². The third kappa shape index (κ3) is 2.41. The van der Waals surface area contributed by atoms with Crippen LogP contribution in [0.4, 0.5) is 4.39 Å². The summed E-state index contributed by atoms with van der Waals surface area (Å²) in [6, 6.07) is 3.52. The minimum Gasteiger partial charge on any atom is -0.476 e. The summed E-state index contributed by atoms with van der Waals surface area (Å²) in [6.07, 6.45) is 0. The van der Waals surface area contributed by atoms with E-state index in [1.54, 1.807) is 0 Å². The Labute approximate surface area is 110 Å². The zero-order valence-electron chi connectivity index (χ0n) is 9.05. The number of hydrogen-bond donors (Lipinski definition) is 2. The number of carbonyl (C=O) groups is 2. The number of carboxylic acids is 2. The summed E-state index contributed by atoms with van der Waals surface area (Å²) in [5.74, 6) is -5.30. The molecule has 0 unspecified atom stereocenters. The summed E-state index contributed by atoms with van der Waals surface area (Å²) in [5.41, 5.74) is -0.976. The molecule has 0 aliphatic heterocycles. The van der Waals surface area contributed by atoms with E-state index in [1.807, 2.05) is 0 Å². The lowest BCUT2D eigenvalue weighted by molar-refractivity contribution is 0.0624. The molecule has 8 heteroatoms. The molecule has 98 valence electrons. The molecule has 1 aromatic carbocycles. The van der Waals surface area contributed by atoms with Crippen LogP contribution in [0.3, 0.4) is 0 Å². The molecule has 0 fully saturated rings. The molecule has 0 aliphatic rings. The maximum Gasteiger partial charge on any atom is 0.374 e. The first-order valence-corrected chi connectivity index (χ1v) is 5.20. The number of aromatic carboxylic acids is 2. The Morgan fingerprint density at radius 2 is 1.95 bits per heavy atom. The predicted octanol–water partition coefficient (Wildman–Crippen LogP) is 2.53. The molecular formula is C11H5ClFNO5. The number of benzene rings is 1. The topological polar surface area (TPSA) is 101 Å². The van der Waals surface area contributed by atoms with Crippen LogP contribution in [0, 0.1) is 5.82 Å². The van der Waals surface area contributed by atoms with Crippen molar-refractivity contribution in [2.45, 2.75) is 0 Å². The lowest BCUT2D eigenvalue weighted by Crippen LogP contribution is -2.05. The Kier molecular flexibility index (Phi) is 3.22. The average molecular weight is 286 g/mol. The fraction of sp³-hybridized carbons (Fsp3) is 0. The van der Waals surface area contributed by atoms with E-state index in [0.29, 0.717) is 0 Å². The summed E-state index contributed by atoms with van der Waals surface area (Å²) in [4.78, 5) is 25.1. The lowest BCUT2D eigenvalue weighted by atomic mass is 10.2. The Morgan fingerprint density at radius 1 is 1.26 bits per heavy atom. The van der Waals surface area contributed by atoms with Crippen molar-refractivity contribution in [3.8, 4) is 11.5 Å². The van der Waals surface area contributed by atoms with Crippen molar-refractivity contribution >= 4 is 23.5 Å². The minimum absolute atomic E-state index is 0.129. The van der Waals surface area contributed by atoms with Gasteiger partial charge in [-0.3, -0.25) is 0 Å². The molecule has 0 saturated heterocycles. The molecule has 19 heavy (non-hydrogen) atoms. The van der Waals surface area contributed by atoms with Crippen LogP contribution in [0.2, 0.25) is 5.02 Å². The van der Waals surface area contributed by atoms with Crippen LogP contribution < -0.4 is 0 Å². The van der Waals surface area contributed by atoms with E-state index >= 15 is 0 Å². The van der Waals surface area contributed by atoms with Gasteiger partial charge < -0.3 is 14.6 Å². The molecule has 6 nitrogen and oxygen atoms in total. The van der Waals surface area contributed by atoms with Gasteiger partial charge in [0.15, 0.2) is 0 Å². The zero-order chi connectivity index (χ0) is 14.2. The van der Waals surface area contributed by atoms with Crippen molar-refractivity contribution in [2.24, 2.45) is 0 Å². The van der Waals surface area contributed by atoms with Crippen LogP contribution in [0.15, 0.2) is 22.6 Å². The van der Waals surface area contributed by atoms with Crippen molar-refractivity contribution < 1.29 is 28.6 Å². The normalized spacial score (nSPS) is 10.4. The summed E-state index contributed by atoms with van der Waals surface area (Å²) in [6.45, 7) is 0. The van der Waals surface area contributed by atoms with Gasteiger partial charge in [-0.05, 0) is 18.2 Å². The van der Waals surface area contributed by atoms with E-state index in [1.165, 1.54) is 12.1 Å². The second-order valence-corrected chi connectivity index (χ2v) is 3.87. The monoisotopic (exact) mass is 285 g/mol. The van der Waals surface area contributed by atoms with Crippen LogP contribution >= 0.6 is 11.6 Å². The highest BCUT2D eigenvalue weighted by Gasteiger charge is 2.26. The number of aromatic nitrogens is 1. The van der Waals surface area contributed by atoms with E-state index in [-0.39, 0.29) is 10.6 Å². The fourth-order valence-corrected chi connectivity index (χ4v) is 1.55. The molecule has 2 rings (SSSR count). The van der Waals surface area contributed by atoms with Crippen molar-refractivity contribution in [3.05, 3.63) is 40.5 Å². The molecule has 1 heterocycles. The maximum atomic E-state index is 13.6. The third-order valence-electron chi connectivity index (χ3n) is 2.19. The van der Waals surface area contributed by atoms with Crippen LogP contribution in [0.1, 0.15) is 21.0 Å². The maximum absolute atomic E-state index is 13.6. The quantitative estimate of drug-likeness (QED) is 0.898. The van der Waals surface area contributed by atoms with Crippen LogP contribution in [-0.2, 0) is 0 Å². The minimum atomic E-state index is -1.61. The van der Waals surface area contributed by atoms with E-state index in [9.17, 15) is 14.0 Å². The highest BCUT2D eigenvalue weighted by atomic mass is 35.5. The Hall–Kier alpha value is -2.41. The molecular weight excluding hydrogens is 281 g/mol. The number of nitrogens with zero attached hydrogens (tertiary/aromatic N) is 1. The van der Waals surface area contributed by atoms with Gasteiger partial charge in [0, 0.05) is 5.02 Å². The molecule has 2 N–H and O–H groups in total. The van der Waals surface area contributed by atoms with Gasteiger partial charge in [-0.1, -0.05) is 11.6 Å². The standard InChI is InChI=1S/C11H5ClFNO5/c12-4-1-2-5(6(13)3-4)9-14-7(10(15)16)8(19-9)11(17)18/h1-3H,(H,15,16)(H,17,18). The largest absolute Gasteiger partial charge is 0.476 e. The zero-order valence-corrected chi connectivity index (χ0v) is 9.81. The summed E-state index contributed by atoms with van der Waals surface area (Å²) < 4.78 is 18.4. The van der Waals surface area contributed by atoms with Gasteiger partial charge in [0.05, 0.1) is 5.56 Å². The van der Waals surface area contributed by atoms with Gasteiger partial charge in [-0.25, -0.2) is 19.0 Å². The highest BCUT2D eigenvalue weighted by Crippen LogP contribution is 2.26. The van der Waals surface area contributed by atoms with Gasteiger partial charge in [-0.15, -0.1) is 0 Å². The molecule has 0 bridgehead atoms. The smallest absolute Gasteiger partial charge is 0.374 e. The summed E-state index contributed by atoms with van der Waals surface area (Å²) in [5, 5.41) is 17.7. The van der Waals surface area contributed by atoms with Gasteiger partial charge in [-0.2, -0.15) is 0 Å². The molecule has 0 aliphatic carbocycles. The molecule has 0 saturated carbocycles. The van der Waals surface area contributed by atoms with Crippen molar-refractivity contribution in [1.82, 2.24) is 4.98 Å². The summed E-state index contributed by atoms with van der Waals surface area (Å²) in [7, 11) is 0. The average Bonchev–Trinajstić information content (AvgIpc) is 2.73. The fourth-order valence-electron chi connectivity index (χ4n) is 1.39. The van der Waals surface area contributed by atoms with Gasteiger partial charge in [0.25, 0.3) is 0 Å². The number of carboxylic acid groups (broad SMARTS) is 2. The third-order valence-corrected chi connectivity index (χ3v) is 2.42. The number of rotatable bonds is 3. The second kappa shape index (κ2) is 4.69. The highest BCUT2D eigenvalue weighted by molar-refractivity contribution is 6.30. The molecule has 0 radical (unpaired) electrons. The Morgan fingerprint density at radius 3 is 2.42 bits per heavy atom. The Bertz CT molecular complexity index is 650. The number of halogens is 2. The number of hydrogen-bond acceptors (Lipinski definition) is 4. The number of oxazole rings is 1. The first-order valence-electron chi connectivity index (χ1n) is 4.83. The van der Waals surface area contributed by atoms with E-state index in [4.69, 9.17) is 26.2 Å². The van der Waals surface area contributed by atoms with Gasteiger partial charge in [0.2, 0.25) is 17.3 Å². The second-order valence-electron chi connectivity index (χ2n) is 3.43. The van der Waals surface area contributed by atoms with Crippen LogP contribution in [-0.4, -0.2) is 27.1 Å². The summed E-state index contributed by atoms with van der Waals surface area (Å²) >= 11 is 5.56. The van der Waals surface area contributed by atoms with Crippen LogP contribution in [0.5, 0.6) is 0 Å². The SMILES string of the molecule is O=C(O)c1nc(-c2ccc(Cl)cc2F)oc1C(=O)O. The first-order chi connectivity index (χ1) is 8.90. The molecule has 2 aromatic rings. The van der Waals surface area contributed by atoms with E-state index in [0.717, 1.165) is 6.07 Å². The Balaban J connectivity index is 2.60. The van der Waals surface area contributed by atoms with Gasteiger partial charge >= 0.3 is 11.9 Å².